The van der Waals surface area contributed by atoms with Gasteiger partial charge in [-0.2, -0.15) is 0 Å². The van der Waals surface area contributed by atoms with Gasteiger partial charge in [0.25, 0.3) is 0 Å². The Kier molecular flexibility index (Phi) is 4.73. The molecule has 1 aromatic rings. The Morgan fingerprint density at radius 1 is 1.39 bits per heavy atom. The highest BCUT2D eigenvalue weighted by atomic mass is 16.5. The van der Waals surface area contributed by atoms with Gasteiger partial charge < -0.3 is 10.5 Å². The van der Waals surface area contributed by atoms with Crippen LogP contribution in [0.25, 0.3) is 0 Å². The van der Waals surface area contributed by atoms with E-state index in [1.807, 2.05) is 6.07 Å². The molecule has 0 radical (unpaired) electrons. The van der Waals surface area contributed by atoms with E-state index in [-0.39, 0.29) is 11.9 Å². The lowest BCUT2D eigenvalue weighted by Crippen LogP contribution is -2.48. The van der Waals surface area contributed by atoms with Gasteiger partial charge in [-0.3, -0.25) is 10.3 Å². The van der Waals surface area contributed by atoms with Crippen molar-refractivity contribution in [2.45, 2.75) is 18.9 Å². The van der Waals surface area contributed by atoms with E-state index < -0.39 is 0 Å². The molecule has 98 valence electrons. The molecule has 1 atom stereocenters. The van der Waals surface area contributed by atoms with Crippen LogP contribution in [0.4, 0.5) is 0 Å². The molecule has 1 aromatic carbocycles. The first-order chi connectivity index (χ1) is 8.75. The molecule has 4 nitrogen and oxygen atoms in total. The molecule has 4 heteroatoms. The number of aryl methyl sites for hydroxylation is 1. The van der Waals surface area contributed by atoms with Gasteiger partial charge in [0.2, 0.25) is 0 Å². The lowest BCUT2D eigenvalue weighted by molar-refractivity contribution is 0.00538. The maximum Gasteiger partial charge on any atom is 0.127 e. The van der Waals surface area contributed by atoms with E-state index in [1.165, 1.54) is 5.56 Å². The largest absolute Gasteiger partial charge is 0.385 e. The number of hydrogen-bond acceptors (Lipinski definition) is 3. The standard InChI is InChI=1S/C14H21N3O/c15-14(16)13-11-17(9-10-18-13)8-4-7-12-5-2-1-3-6-12/h1-3,5-6,13H,4,7-11H2,(H3,15,16). The summed E-state index contributed by atoms with van der Waals surface area (Å²) in [7, 11) is 0. The maximum atomic E-state index is 7.42. The van der Waals surface area contributed by atoms with E-state index in [9.17, 15) is 0 Å². The fraction of sp³-hybridized carbons (Fsp3) is 0.500. The van der Waals surface area contributed by atoms with Crippen molar-refractivity contribution in [3.05, 3.63) is 35.9 Å². The molecular weight excluding hydrogens is 226 g/mol. The highest BCUT2D eigenvalue weighted by molar-refractivity contribution is 5.82. The third-order valence-electron chi connectivity index (χ3n) is 3.28. The molecule has 0 aliphatic carbocycles. The maximum absolute atomic E-state index is 7.42. The fourth-order valence-corrected chi connectivity index (χ4v) is 2.25. The van der Waals surface area contributed by atoms with Crippen LogP contribution in [0.1, 0.15) is 12.0 Å². The van der Waals surface area contributed by atoms with Gasteiger partial charge in [-0.1, -0.05) is 30.3 Å². The second-order valence-electron chi connectivity index (χ2n) is 4.70. The van der Waals surface area contributed by atoms with Crippen LogP contribution >= 0.6 is 0 Å². The number of nitrogens with zero attached hydrogens (tertiary/aromatic N) is 1. The number of morpholine rings is 1. The molecule has 2 rings (SSSR count). The first-order valence-electron chi connectivity index (χ1n) is 6.47. The van der Waals surface area contributed by atoms with Gasteiger partial charge in [0.1, 0.15) is 11.9 Å². The van der Waals surface area contributed by atoms with Crippen molar-refractivity contribution < 1.29 is 4.74 Å². The Hall–Kier alpha value is -1.39. The van der Waals surface area contributed by atoms with Gasteiger partial charge in [0.05, 0.1) is 6.61 Å². The Labute approximate surface area is 108 Å². The van der Waals surface area contributed by atoms with Gasteiger partial charge >= 0.3 is 0 Å². The summed E-state index contributed by atoms with van der Waals surface area (Å²) in [6, 6.07) is 10.5. The number of benzene rings is 1. The first kappa shape index (κ1) is 13.1. The lowest BCUT2D eigenvalue weighted by atomic mass is 10.1. The van der Waals surface area contributed by atoms with Crippen LogP contribution < -0.4 is 5.73 Å². The smallest absolute Gasteiger partial charge is 0.127 e. The summed E-state index contributed by atoms with van der Waals surface area (Å²) in [6.45, 7) is 3.42. The fourth-order valence-electron chi connectivity index (χ4n) is 2.25. The van der Waals surface area contributed by atoms with Crippen molar-refractivity contribution in [1.82, 2.24) is 4.90 Å². The van der Waals surface area contributed by atoms with Gasteiger partial charge in [0.15, 0.2) is 0 Å². The van der Waals surface area contributed by atoms with Gasteiger partial charge in [-0.25, -0.2) is 0 Å². The summed E-state index contributed by atoms with van der Waals surface area (Å²) in [5.74, 6) is 0.141. The number of rotatable bonds is 5. The zero-order valence-electron chi connectivity index (χ0n) is 10.6. The molecule has 0 amide bonds. The molecule has 0 spiro atoms. The molecule has 18 heavy (non-hydrogen) atoms. The number of hydrogen-bond donors (Lipinski definition) is 2. The number of nitrogens with one attached hydrogen (secondary N) is 1. The summed E-state index contributed by atoms with van der Waals surface area (Å²) in [5, 5.41) is 7.42. The zero-order valence-corrected chi connectivity index (χ0v) is 10.6. The van der Waals surface area contributed by atoms with E-state index in [1.54, 1.807) is 0 Å². The number of ether oxygens (including phenoxy) is 1. The molecular formula is C14H21N3O. The van der Waals surface area contributed by atoms with Crippen molar-refractivity contribution in [3.63, 3.8) is 0 Å². The molecule has 1 saturated heterocycles. The van der Waals surface area contributed by atoms with Crippen LogP contribution in [-0.4, -0.2) is 43.1 Å². The van der Waals surface area contributed by atoms with Crippen LogP contribution in [0.3, 0.4) is 0 Å². The first-order valence-corrected chi connectivity index (χ1v) is 6.47. The molecule has 1 heterocycles. The molecule has 1 fully saturated rings. The highest BCUT2D eigenvalue weighted by Gasteiger charge is 2.21. The minimum absolute atomic E-state index is 0.141. The number of nitrogens with two attached hydrogens (primary N) is 1. The van der Waals surface area contributed by atoms with Crippen molar-refractivity contribution in [1.29, 1.82) is 5.41 Å². The quantitative estimate of drug-likeness (QED) is 0.608. The van der Waals surface area contributed by atoms with Gasteiger partial charge in [-0.15, -0.1) is 0 Å². The molecule has 1 aliphatic heterocycles. The van der Waals surface area contributed by atoms with Crippen LogP contribution in [0.15, 0.2) is 30.3 Å². The van der Waals surface area contributed by atoms with E-state index in [0.29, 0.717) is 6.61 Å². The number of amidine groups is 1. The van der Waals surface area contributed by atoms with Gasteiger partial charge in [0, 0.05) is 13.1 Å². The summed E-state index contributed by atoms with van der Waals surface area (Å²) < 4.78 is 5.44. The minimum atomic E-state index is -0.213. The monoisotopic (exact) mass is 247 g/mol. The Balaban J connectivity index is 1.72. The Morgan fingerprint density at radius 3 is 2.89 bits per heavy atom. The zero-order chi connectivity index (χ0) is 12.8. The van der Waals surface area contributed by atoms with E-state index in [4.69, 9.17) is 15.9 Å². The van der Waals surface area contributed by atoms with Crippen molar-refractivity contribution in [2.75, 3.05) is 26.2 Å². The van der Waals surface area contributed by atoms with Crippen LogP contribution in [0, 0.1) is 5.41 Å². The average molecular weight is 247 g/mol. The summed E-state index contributed by atoms with van der Waals surface area (Å²) in [4.78, 5) is 2.33. The van der Waals surface area contributed by atoms with Crippen molar-refractivity contribution >= 4 is 5.84 Å². The minimum Gasteiger partial charge on any atom is -0.385 e. The molecule has 1 aliphatic rings. The Bertz CT molecular complexity index is 380. The normalized spacial score (nSPS) is 20.8. The molecule has 1 unspecified atom stereocenters. The van der Waals surface area contributed by atoms with E-state index in [2.05, 4.69) is 29.2 Å². The summed E-state index contributed by atoms with van der Waals surface area (Å²) in [6.07, 6.45) is 2.02. The van der Waals surface area contributed by atoms with E-state index in [0.717, 1.165) is 32.5 Å². The SMILES string of the molecule is N=C(N)C1CN(CCCc2ccccc2)CCO1. The topological polar surface area (TPSA) is 62.3 Å². The van der Waals surface area contributed by atoms with Crippen LogP contribution in [0.5, 0.6) is 0 Å². The predicted molar refractivity (Wildman–Crippen MR) is 72.9 cm³/mol. The second kappa shape index (κ2) is 6.52. The second-order valence-corrected chi connectivity index (χ2v) is 4.70. The summed E-state index contributed by atoms with van der Waals surface area (Å²) in [5.41, 5.74) is 6.86. The van der Waals surface area contributed by atoms with Crippen LogP contribution in [-0.2, 0) is 11.2 Å². The molecule has 0 aromatic heterocycles. The molecule has 0 bridgehead atoms. The molecule has 3 N–H and O–H groups in total. The lowest BCUT2D eigenvalue weighted by Gasteiger charge is -2.32. The third-order valence-corrected chi connectivity index (χ3v) is 3.28. The van der Waals surface area contributed by atoms with E-state index >= 15 is 0 Å². The molecule has 0 saturated carbocycles. The highest BCUT2D eigenvalue weighted by Crippen LogP contribution is 2.08. The summed E-state index contributed by atoms with van der Waals surface area (Å²) >= 11 is 0. The third kappa shape index (κ3) is 3.82. The average Bonchev–Trinajstić information content (AvgIpc) is 2.40. The predicted octanol–water partition coefficient (Wildman–Crippen LogP) is 1.26. The van der Waals surface area contributed by atoms with Crippen molar-refractivity contribution in [3.8, 4) is 0 Å². The van der Waals surface area contributed by atoms with Crippen molar-refractivity contribution in [2.24, 2.45) is 5.73 Å². The van der Waals surface area contributed by atoms with Crippen LogP contribution in [0.2, 0.25) is 0 Å². The Morgan fingerprint density at radius 2 is 2.17 bits per heavy atom. The van der Waals surface area contributed by atoms with Gasteiger partial charge in [-0.05, 0) is 24.9 Å².